The lowest BCUT2D eigenvalue weighted by Crippen LogP contribution is -2.34. The van der Waals surface area contributed by atoms with Gasteiger partial charge in [-0.1, -0.05) is 19.1 Å². The fourth-order valence-corrected chi connectivity index (χ4v) is 3.24. The highest BCUT2D eigenvalue weighted by Gasteiger charge is 2.15. The third kappa shape index (κ3) is 5.82. The molecule has 0 radical (unpaired) electrons. The fourth-order valence-electron chi connectivity index (χ4n) is 3.24. The van der Waals surface area contributed by atoms with Gasteiger partial charge >= 0.3 is 0 Å². The first kappa shape index (κ1) is 22.3. The highest BCUT2D eigenvalue weighted by Crippen LogP contribution is 2.29. The number of aromatic amines is 1. The van der Waals surface area contributed by atoms with Crippen LogP contribution in [0.25, 0.3) is 10.9 Å². The van der Waals surface area contributed by atoms with Crippen LogP contribution >= 0.6 is 0 Å². The van der Waals surface area contributed by atoms with E-state index in [0.717, 1.165) is 0 Å². The van der Waals surface area contributed by atoms with E-state index in [4.69, 9.17) is 9.47 Å². The number of H-pyrrole nitrogens is 1. The maximum Gasteiger partial charge on any atom is 0.258 e. The Hall–Kier alpha value is -3.39. The number of rotatable bonds is 10. The summed E-state index contributed by atoms with van der Waals surface area (Å²) in [4.78, 5) is 34.3. The molecule has 0 aliphatic carbocycles. The lowest BCUT2D eigenvalue weighted by molar-refractivity contribution is -0.117. The molecule has 1 heterocycles. The van der Waals surface area contributed by atoms with Gasteiger partial charge in [-0.2, -0.15) is 0 Å². The number of para-hydroxylation sites is 1. The Balaban J connectivity index is 1.72. The molecule has 1 amide bonds. The van der Waals surface area contributed by atoms with Gasteiger partial charge in [0.15, 0.2) is 0 Å². The first-order chi connectivity index (χ1) is 15.0. The van der Waals surface area contributed by atoms with Crippen LogP contribution in [0.3, 0.4) is 0 Å². The molecule has 0 saturated heterocycles. The van der Waals surface area contributed by atoms with Crippen molar-refractivity contribution in [2.24, 2.45) is 0 Å². The Labute approximate surface area is 181 Å². The molecule has 0 aliphatic heterocycles. The zero-order valence-electron chi connectivity index (χ0n) is 18.1. The predicted molar refractivity (Wildman–Crippen MR) is 121 cm³/mol. The second-order valence-electron chi connectivity index (χ2n) is 6.91. The molecular formula is C23H28N4O4. The lowest BCUT2D eigenvalue weighted by Gasteiger charge is -2.20. The van der Waals surface area contributed by atoms with E-state index in [-0.39, 0.29) is 18.0 Å². The zero-order valence-corrected chi connectivity index (χ0v) is 18.1. The number of hydrogen-bond donors (Lipinski definition) is 2. The van der Waals surface area contributed by atoms with E-state index < -0.39 is 0 Å². The minimum atomic E-state index is -0.195. The van der Waals surface area contributed by atoms with Gasteiger partial charge in [-0.05, 0) is 44.7 Å². The fraction of sp³-hybridized carbons (Fsp3) is 0.348. The molecule has 0 fully saturated rings. The molecule has 1 aromatic heterocycles. The molecule has 8 heteroatoms. The van der Waals surface area contributed by atoms with E-state index in [2.05, 4.69) is 15.3 Å². The molecule has 31 heavy (non-hydrogen) atoms. The van der Waals surface area contributed by atoms with Crippen LogP contribution in [0.4, 0.5) is 5.69 Å². The molecule has 2 aromatic carbocycles. The van der Waals surface area contributed by atoms with Crippen molar-refractivity contribution in [2.45, 2.75) is 27.3 Å². The number of amides is 1. The third-order valence-electron chi connectivity index (χ3n) is 4.69. The molecule has 3 aromatic rings. The van der Waals surface area contributed by atoms with E-state index >= 15 is 0 Å². The number of likely N-dealkylation sites (N-methyl/N-ethyl adjacent to an activating group) is 1. The SMILES string of the molecule is CCOc1ccc(OCC)c(NC(=O)CN(CC)Cc2nc3ccccc3c(=O)[nH]2)c1. The molecule has 0 aliphatic rings. The molecule has 0 unspecified atom stereocenters. The second kappa shape index (κ2) is 10.6. The minimum absolute atomic E-state index is 0.136. The maximum atomic E-state index is 12.7. The first-order valence-electron chi connectivity index (χ1n) is 10.4. The normalized spacial score (nSPS) is 11.0. The summed E-state index contributed by atoms with van der Waals surface area (Å²) in [7, 11) is 0. The largest absolute Gasteiger partial charge is 0.494 e. The van der Waals surface area contributed by atoms with Gasteiger partial charge in [0.25, 0.3) is 5.56 Å². The van der Waals surface area contributed by atoms with Gasteiger partial charge < -0.3 is 19.8 Å². The number of anilines is 1. The van der Waals surface area contributed by atoms with Crippen molar-refractivity contribution >= 4 is 22.5 Å². The van der Waals surface area contributed by atoms with Gasteiger partial charge in [0.2, 0.25) is 5.91 Å². The van der Waals surface area contributed by atoms with Gasteiger partial charge in [-0.15, -0.1) is 0 Å². The van der Waals surface area contributed by atoms with E-state index in [1.807, 2.05) is 37.8 Å². The van der Waals surface area contributed by atoms with Crippen LogP contribution in [0.1, 0.15) is 26.6 Å². The quantitative estimate of drug-likeness (QED) is 0.519. The third-order valence-corrected chi connectivity index (χ3v) is 4.69. The van der Waals surface area contributed by atoms with Gasteiger partial charge in [0.05, 0.1) is 42.9 Å². The highest BCUT2D eigenvalue weighted by atomic mass is 16.5. The number of hydrogen-bond acceptors (Lipinski definition) is 6. The van der Waals surface area contributed by atoms with Crippen molar-refractivity contribution in [1.82, 2.24) is 14.9 Å². The smallest absolute Gasteiger partial charge is 0.258 e. The monoisotopic (exact) mass is 424 g/mol. The Kier molecular flexibility index (Phi) is 7.61. The average Bonchev–Trinajstić information content (AvgIpc) is 2.75. The molecule has 0 atom stereocenters. The average molecular weight is 425 g/mol. The van der Waals surface area contributed by atoms with E-state index in [0.29, 0.717) is 60.2 Å². The maximum absolute atomic E-state index is 12.7. The topological polar surface area (TPSA) is 96.6 Å². The number of ether oxygens (including phenoxy) is 2. The number of carbonyl (C=O) groups is 1. The van der Waals surface area contributed by atoms with Crippen molar-refractivity contribution in [3.63, 3.8) is 0 Å². The summed E-state index contributed by atoms with van der Waals surface area (Å²) < 4.78 is 11.1. The molecule has 0 saturated carbocycles. The van der Waals surface area contributed by atoms with Gasteiger partial charge in [-0.25, -0.2) is 4.98 Å². The van der Waals surface area contributed by atoms with Gasteiger partial charge in [0.1, 0.15) is 17.3 Å². The van der Waals surface area contributed by atoms with Gasteiger partial charge in [-0.3, -0.25) is 14.5 Å². The number of nitrogens with zero attached hydrogens (tertiary/aromatic N) is 2. The van der Waals surface area contributed by atoms with Crippen LogP contribution < -0.4 is 20.3 Å². The zero-order chi connectivity index (χ0) is 22.2. The van der Waals surface area contributed by atoms with Crippen LogP contribution in [-0.4, -0.2) is 47.1 Å². The Morgan fingerprint density at radius 1 is 1.10 bits per heavy atom. The van der Waals surface area contributed by atoms with Crippen molar-refractivity contribution in [2.75, 3.05) is 31.6 Å². The van der Waals surface area contributed by atoms with Crippen molar-refractivity contribution in [3.8, 4) is 11.5 Å². The summed E-state index contributed by atoms with van der Waals surface area (Å²) in [6, 6.07) is 12.5. The second-order valence-corrected chi connectivity index (χ2v) is 6.91. The Morgan fingerprint density at radius 3 is 2.61 bits per heavy atom. The Morgan fingerprint density at radius 2 is 1.87 bits per heavy atom. The molecule has 0 spiro atoms. The summed E-state index contributed by atoms with van der Waals surface area (Å²) in [5, 5.41) is 3.45. The summed E-state index contributed by atoms with van der Waals surface area (Å²) in [5.74, 6) is 1.57. The number of benzene rings is 2. The Bertz CT molecular complexity index is 1100. The summed E-state index contributed by atoms with van der Waals surface area (Å²) >= 11 is 0. The summed E-state index contributed by atoms with van der Waals surface area (Å²) in [5.41, 5.74) is 1.01. The summed E-state index contributed by atoms with van der Waals surface area (Å²) in [6.07, 6.45) is 0. The summed E-state index contributed by atoms with van der Waals surface area (Å²) in [6.45, 7) is 7.85. The number of nitrogens with one attached hydrogen (secondary N) is 2. The van der Waals surface area contributed by atoms with Crippen LogP contribution in [-0.2, 0) is 11.3 Å². The number of fused-ring (bicyclic) bond motifs is 1. The molecular weight excluding hydrogens is 396 g/mol. The van der Waals surface area contributed by atoms with Crippen molar-refractivity contribution < 1.29 is 14.3 Å². The standard InChI is InChI=1S/C23H28N4O4/c1-4-27(14-21-24-18-10-8-7-9-17(18)23(29)26-21)15-22(28)25-19-13-16(30-5-2)11-12-20(19)31-6-3/h7-13H,4-6,14-15H2,1-3H3,(H,25,28)(H,24,26,29). The molecule has 3 rings (SSSR count). The van der Waals surface area contributed by atoms with Crippen molar-refractivity contribution in [1.29, 1.82) is 0 Å². The predicted octanol–water partition coefficient (Wildman–Crippen LogP) is 3.18. The van der Waals surface area contributed by atoms with Gasteiger partial charge in [0, 0.05) is 6.07 Å². The van der Waals surface area contributed by atoms with E-state index in [1.165, 1.54) is 0 Å². The molecule has 2 N–H and O–H groups in total. The van der Waals surface area contributed by atoms with E-state index in [1.54, 1.807) is 30.3 Å². The minimum Gasteiger partial charge on any atom is -0.494 e. The van der Waals surface area contributed by atoms with Crippen LogP contribution in [0.15, 0.2) is 47.3 Å². The lowest BCUT2D eigenvalue weighted by atomic mass is 10.2. The van der Waals surface area contributed by atoms with E-state index in [9.17, 15) is 9.59 Å². The molecule has 8 nitrogen and oxygen atoms in total. The van der Waals surface area contributed by atoms with Crippen LogP contribution in [0.2, 0.25) is 0 Å². The van der Waals surface area contributed by atoms with Crippen LogP contribution in [0.5, 0.6) is 11.5 Å². The number of aromatic nitrogens is 2. The molecule has 164 valence electrons. The first-order valence-corrected chi connectivity index (χ1v) is 10.4. The highest BCUT2D eigenvalue weighted by molar-refractivity contribution is 5.94. The van der Waals surface area contributed by atoms with Crippen molar-refractivity contribution in [3.05, 3.63) is 58.6 Å². The van der Waals surface area contributed by atoms with Crippen LogP contribution in [0, 0.1) is 0 Å². The molecule has 0 bridgehead atoms. The number of carbonyl (C=O) groups excluding carboxylic acids is 1.